The van der Waals surface area contributed by atoms with Gasteiger partial charge in [-0.25, -0.2) is 0 Å². The van der Waals surface area contributed by atoms with Crippen LogP contribution in [0.3, 0.4) is 0 Å². The Morgan fingerprint density at radius 3 is 2.86 bits per heavy atom. The zero-order valence-electron chi connectivity index (χ0n) is 4.98. The van der Waals surface area contributed by atoms with Crippen LogP contribution in [0.2, 0.25) is 6.04 Å². The highest BCUT2D eigenvalue weighted by molar-refractivity contribution is 6.47. The first kappa shape index (κ1) is 7.09. The second-order valence-electron chi connectivity index (χ2n) is 1.61. The Hall–Kier alpha value is 0.0869. The summed E-state index contributed by atoms with van der Waals surface area (Å²) in [6.07, 6.45) is 2.72. The van der Waals surface area contributed by atoms with E-state index in [4.69, 9.17) is 0 Å². The lowest BCUT2D eigenvalue weighted by Crippen LogP contribution is -1.77. The molecule has 41 valence electrons. The molecule has 0 rings (SSSR count). The lowest BCUT2D eigenvalue weighted by molar-refractivity contribution is 0.883. The van der Waals surface area contributed by atoms with Crippen molar-refractivity contribution in [3.8, 4) is 0 Å². The summed E-state index contributed by atoms with van der Waals surface area (Å²) in [6, 6.07) is 1.40. The molecule has 0 aromatic rings. The van der Waals surface area contributed by atoms with E-state index < -0.39 is 0 Å². The van der Waals surface area contributed by atoms with Crippen molar-refractivity contribution in [2.75, 3.05) is 0 Å². The first-order valence-corrected chi connectivity index (χ1v) is 4.34. The topological polar surface area (TPSA) is 0 Å². The Balaban J connectivity index is 2.69. The molecule has 0 saturated heterocycles. The number of hydrogen-bond acceptors (Lipinski definition) is 0. The van der Waals surface area contributed by atoms with Gasteiger partial charge in [0.2, 0.25) is 0 Å². The molecule has 0 spiro atoms. The number of rotatable bonds is 3. The quantitative estimate of drug-likeness (QED) is 0.382. The summed E-state index contributed by atoms with van der Waals surface area (Å²) < 4.78 is 0. The molecule has 0 saturated carbocycles. The lowest BCUT2D eigenvalue weighted by atomic mass is 10.4. The van der Waals surface area contributed by atoms with Crippen LogP contribution >= 0.6 is 0 Å². The minimum absolute atomic E-state index is 0.580. The van der Waals surface area contributed by atoms with Gasteiger partial charge in [0.1, 0.15) is 0 Å². The van der Waals surface area contributed by atoms with Crippen molar-refractivity contribution in [1.82, 2.24) is 0 Å². The number of hydrogen-bond donors (Lipinski definition) is 0. The predicted molar refractivity (Wildman–Crippen MR) is 38.3 cm³/mol. The van der Waals surface area contributed by atoms with Gasteiger partial charge in [-0.2, -0.15) is 0 Å². The van der Waals surface area contributed by atoms with Crippen molar-refractivity contribution in [2.24, 2.45) is 0 Å². The maximum atomic E-state index is 3.67. The Morgan fingerprint density at radius 2 is 2.43 bits per heavy atom. The Bertz CT molecular complexity index is 48.1. The molecule has 0 fully saturated rings. The fourth-order valence-corrected chi connectivity index (χ4v) is 1.32. The molecule has 0 bridgehead atoms. The van der Waals surface area contributed by atoms with E-state index in [1.807, 2.05) is 0 Å². The summed E-state index contributed by atoms with van der Waals surface area (Å²) in [7, 11) is 0.580. The van der Waals surface area contributed by atoms with E-state index in [9.17, 15) is 0 Å². The van der Waals surface area contributed by atoms with Gasteiger partial charge in [0, 0.05) is 0 Å². The summed E-state index contributed by atoms with van der Waals surface area (Å²) in [6.45, 7) is 5.89. The predicted octanol–water partition coefficient (Wildman–Crippen LogP) is 1.28. The summed E-state index contributed by atoms with van der Waals surface area (Å²) in [5.41, 5.74) is 2.07. The zero-order chi connectivity index (χ0) is 5.54. The average molecular weight is 113 g/mol. The maximum absolute atomic E-state index is 3.67. The molecular formula is C6H13Si. The molecule has 0 heterocycles. The second kappa shape index (κ2) is 6.09. The van der Waals surface area contributed by atoms with Crippen LogP contribution in [-0.4, -0.2) is 14.8 Å². The first-order chi connectivity index (χ1) is 3.41. The van der Waals surface area contributed by atoms with Gasteiger partial charge in [0.15, 0.2) is 0 Å². The van der Waals surface area contributed by atoms with Crippen molar-refractivity contribution in [3.05, 3.63) is 6.92 Å². The van der Waals surface area contributed by atoms with Gasteiger partial charge in [-0.05, 0) is 22.1 Å². The van der Waals surface area contributed by atoms with Crippen LogP contribution in [-0.2, 0) is 0 Å². The van der Waals surface area contributed by atoms with Gasteiger partial charge in [-0.15, -0.1) is 5.67 Å². The molecule has 1 heteroatoms. The van der Waals surface area contributed by atoms with E-state index in [0.717, 1.165) is 0 Å². The second-order valence-corrected chi connectivity index (χ2v) is 3.13. The zero-order valence-corrected chi connectivity index (χ0v) is 6.14. The molecule has 0 unspecified atom stereocenters. The normalized spacial score (nSPS) is 10.6. The molecule has 0 aliphatic heterocycles. The molecule has 7 heavy (non-hydrogen) atoms. The van der Waals surface area contributed by atoms with Crippen molar-refractivity contribution >= 4 is 14.8 Å². The molecule has 0 nitrogen and oxygen atoms in total. The van der Waals surface area contributed by atoms with E-state index in [1.165, 1.54) is 18.9 Å². The first-order valence-electron chi connectivity index (χ1n) is 2.86. The van der Waals surface area contributed by atoms with E-state index in [-0.39, 0.29) is 0 Å². The molecule has 0 amide bonds. The van der Waals surface area contributed by atoms with Crippen LogP contribution < -0.4 is 0 Å². The van der Waals surface area contributed by atoms with Gasteiger partial charge >= 0.3 is 0 Å². The molecule has 0 atom stereocenters. The monoisotopic (exact) mass is 113 g/mol. The van der Waals surface area contributed by atoms with Crippen LogP contribution in [0, 0.1) is 6.92 Å². The van der Waals surface area contributed by atoms with Gasteiger partial charge in [-0.3, -0.25) is 0 Å². The smallest absolute Gasteiger partial charge is 0.0119 e. The molecule has 1 radical (unpaired) electrons. The highest BCUT2D eigenvalue weighted by atomic mass is 28.2. The van der Waals surface area contributed by atoms with Crippen LogP contribution in [0.5, 0.6) is 0 Å². The van der Waals surface area contributed by atoms with E-state index in [2.05, 4.69) is 19.5 Å². The van der Waals surface area contributed by atoms with Gasteiger partial charge in [0.25, 0.3) is 0 Å². The SMILES string of the molecule is [CH2]C=[SiH]CCCC. The van der Waals surface area contributed by atoms with E-state index >= 15 is 0 Å². The minimum Gasteiger partial charge on any atom is -0.106 e. The van der Waals surface area contributed by atoms with Crippen LogP contribution in [0.1, 0.15) is 19.8 Å². The minimum atomic E-state index is 0.580. The summed E-state index contributed by atoms with van der Waals surface area (Å²) in [4.78, 5) is 0. The largest absolute Gasteiger partial charge is 0.106 e. The van der Waals surface area contributed by atoms with Crippen LogP contribution in [0.15, 0.2) is 0 Å². The molecule has 0 aromatic heterocycles. The Labute approximate surface area is 48.4 Å². The van der Waals surface area contributed by atoms with E-state index in [0.29, 0.717) is 9.13 Å². The van der Waals surface area contributed by atoms with Gasteiger partial charge < -0.3 is 0 Å². The number of unbranched alkanes of at least 4 members (excludes halogenated alkanes) is 1. The average Bonchev–Trinajstić information content (AvgIpc) is 1.69. The standard InChI is InChI=1S/C6H13Si/c1-3-5-6-7-4-2/h4,7H,2-3,5-6H2,1H3. The van der Waals surface area contributed by atoms with Crippen LogP contribution in [0.4, 0.5) is 0 Å². The summed E-state index contributed by atoms with van der Waals surface area (Å²) in [5.74, 6) is 0. The molecule has 0 aliphatic carbocycles. The lowest BCUT2D eigenvalue weighted by Gasteiger charge is -1.83. The highest BCUT2D eigenvalue weighted by Gasteiger charge is 1.73. The molecule has 0 N–H and O–H groups in total. The van der Waals surface area contributed by atoms with Gasteiger partial charge in [-0.1, -0.05) is 19.8 Å². The highest BCUT2D eigenvalue weighted by Crippen LogP contribution is 1.88. The summed E-state index contributed by atoms with van der Waals surface area (Å²) >= 11 is 0. The van der Waals surface area contributed by atoms with E-state index in [1.54, 1.807) is 0 Å². The van der Waals surface area contributed by atoms with Crippen LogP contribution in [0.25, 0.3) is 0 Å². The fraction of sp³-hybridized carbons (Fsp3) is 0.667. The van der Waals surface area contributed by atoms with Crippen molar-refractivity contribution < 1.29 is 0 Å². The third-order valence-electron chi connectivity index (χ3n) is 0.891. The Kier molecular flexibility index (Phi) is 6.16. The van der Waals surface area contributed by atoms with Gasteiger partial charge in [0.05, 0.1) is 0 Å². The van der Waals surface area contributed by atoms with Crippen molar-refractivity contribution in [1.29, 1.82) is 0 Å². The molecule has 0 aromatic carbocycles. The third-order valence-corrected chi connectivity index (χ3v) is 1.97. The van der Waals surface area contributed by atoms with Crippen molar-refractivity contribution in [2.45, 2.75) is 25.8 Å². The Morgan fingerprint density at radius 1 is 1.71 bits per heavy atom. The molecule has 0 aliphatic rings. The maximum Gasteiger partial charge on any atom is -0.0119 e. The van der Waals surface area contributed by atoms with Crippen molar-refractivity contribution in [3.63, 3.8) is 0 Å². The fourth-order valence-electron chi connectivity index (χ4n) is 0.440. The third kappa shape index (κ3) is 6.09. The summed E-state index contributed by atoms with van der Waals surface area (Å²) in [5, 5.41) is 0. The molecular weight excluding hydrogens is 100 g/mol.